The third kappa shape index (κ3) is 6.42. The standard InChI is InChI=1S/C28H40N4S/c1-19(2)23-14-24(20(3)4)27(25(15-23)21(5)6)26-18-33-28(30-26)32(13-12-31(7)8)17-22-10-9-11-29-16-22/h9-11,14-16,18-21H,12-13,17H2,1-8H3/p+1. The lowest BCUT2D eigenvalue weighted by atomic mass is 9.83. The van der Waals surface area contributed by atoms with Gasteiger partial charge in [0.25, 0.3) is 0 Å². The third-order valence-corrected chi connectivity index (χ3v) is 7.03. The van der Waals surface area contributed by atoms with E-state index in [4.69, 9.17) is 4.98 Å². The predicted octanol–water partition coefficient (Wildman–Crippen LogP) is 5.73. The van der Waals surface area contributed by atoms with Gasteiger partial charge in [0.2, 0.25) is 0 Å². The molecule has 1 aromatic carbocycles. The van der Waals surface area contributed by atoms with E-state index in [1.54, 1.807) is 11.3 Å². The molecule has 3 aromatic rings. The van der Waals surface area contributed by atoms with Crippen molar-refractivity contribution in [3.63, 3.8) is 0 Å². The van der Waals surface area contributed by atoms with Crippen LogP contribution in [0.5, 0.6) is 0 Å². The first-order valence-electron chi connectivity index (χ1n) is 12.2. The van der Waals surface area contributed by atoms with Gasteiger partial charge in [-0.05, 0) is 46.1 Å². The molecule has 0 aliphatic heterocycles. The van der Waals surface area contributed by atoms with Crippen LogP contribution in [0.1, 0.15) is 81.5 Å². The number of benzene rings is 1. The Balaban J connectivity index is 2.05. The fourth-order valence-corrected chi connectivity index (χ4v) is 4.93. The number of nitrogens with zero attached hydrogens (tertiary/aromatic N) is 3. The van der Waals surface area contributed by atoms with Crippen LogP contribution in [0.4, 0.5) is 5.13 Å². The molecule has 0 radical (unpaired) electrons. The molecule has 0 bridgehead atoms. The molecule has 2 aromatic heterocycles. The Bertz CT molecular complexity index is 992. The number of aromatic nitrogens is 2. The summed E-state index contributed by atoms with van der Waals surface area (Å²) in [7, 11) is 4.41. The van der Waals surface area contributed by atoms with Crippen LogP contribution in [0.25, 0.3) is 11.3 Å². The molecule has 1 N–H and O–H groups in total. The van der Waals surface area contributed by atoms with Gasteiger partial charge in [0.15, 0.2) is 5.13 Å². The zero-order chi connectivity index (χ0) is 24.1. The maximum absolute atomic E-state index is 5.23. The third-order valence-electron chi connectivity index (χ3n) is 6.13. The number of thiazole rings is 1. The van der Waals surface area contributed by atoms with Crippen molar-refractivity contribution in [2.45, 2.75) is 65.8 Å². The van der Waals surface area contributed by atoms with Crippen molar-refractivity contribution in [2.24, 2.45) is 0 Å². The molecule has 0 saturated heterocycles. The van der Waals surface area contributed by atoms with Crippen molar-refractivity contribution in [2.75, 3.05) is 32.1 Å². The van der Waals surface area contributed by atoms with E-state index in [1.165, 1.54) is 32.7 Å². The van der Waals surface area contributed by atoms with Gasteiger partial charge in [0.05, 0.1) is 32.9 Å². The second-order valence-corrected chi connectivity index (χ2v) is 11.1. The molecule has 0 unspecified atom stereocenters. The molecule has 2 heterocycles. The van der Waals surface area contributed by atoms with Gasteiger partial charge in [0, 0.05) is 29.9 Å². The number of quaternary nitrogens is 1. The van der Waals surface area contributed by atoms with E-state index in [0.29, 0.717) is 17.8 Å². The Morgan fingerprint density at radius 3 is 2.15 bits per heavy atom. The lowest BCUT2D eigenvalue weighted by Crippen LogP contribution is -3.06. The van der Waals surface area contributed by atoms with Crippen molar-refractivity contribution in [3.05, 3.63) is 64.3 Å². The van der Waals surface area contributed by atoms with Crippen LogP contribution >= 0.6 is 11.3 Å². The minimum atomic E-state index is 0.449. The average molecular weight is 466 g/mol. The predicted molar refractivity (Wildman–Crippen MR) is 143 cm³/mol. The molecule has 0 spiro atoms. The fraction of sp³-hybridized carbons (Fsp3) is 0.500. The van der Waals surface area contributed by atoms with Crippen molar-refractivity contribution in [1.82, 2.24) is 9.97 Å². The monoisotopic (exact) mass is 465 g/mol. The molecule has 0 saturated carbocycles. The zero-order valence-electron chi connectivity index (χ0n) is 21.6. The van der Waals surface area contributed by atoms with Crippen LogP contribution in [0.15, 0.2) is 42.0 Å². The second-order valence-electron chi connectivity index (χ2n) is 10.3. The van der Waals surface area contributed by atoms with Crippen molar-refractivity contribution in [3.8, 4) is 11.3 Å². The van der Waals surface area contributed by atoms with E-state index in [9.17, 15) is 0 Å². The van der Waals surface area contributed by atoms with Gasteiger partial charge >= 0.3 is 0 Å². The number of nitrogens with one attached hydrogen (secondary N) is 1. The highest BCUT2D eigenvalue weighted by molar-refractivity contribution is 7.14. The van der Waals surface area contributed by atoms with Gasteiger partial charge in [0.1, 0.15) is 0 Å². The molecule has 4 nitrogen and oxygen atoms in total. The molecular weight excluding hydrogens is 424 g/mol. The van der Waals surface area contributed by atoms with Crippen LogP contribution in [0.3, 0.4) is 0 Å². The second kappa shape index (κ2) is 11.3. The Morgan fingerprint density at radius 1 is 0.970 bits per heavy atom. The van der Waals surface area contributed by atoms with E-state index in [0.717, 1.165) is 30.5 Å². The van der Waals surface area contributed by atoms with Crippen LogP contribution in [0, 0.1) is 0 Å². The normalized spacial score (nSPS) is 11.9. The van der Waals surface area contributed by atoms with Gasteiger partial charge in [-0.2, -0.15) is 0 Å². The number of likely N-dealkylation sites (N-methyl/N-ethyl adjacent to an activating group) is 1. The summed E-state index contributed by atoms with van der Waals surface area (Å²) in [5, 5.41) is 3.35. The minimum Gasteiger partial charge on any atom is -0.338 e. The summed E-state index contributed by atoms with van der Waals surface area (Å²) in [4.78, 5) is 13.4. The average Bonchev–Trinajstić information content (AvgIpc) is 3.25. The topological polar surface area (TPSA) is 33.5 Å². The van der Waals surface area contributed by atoms with Crippen LogP contribution in [-0.2, 0) is 6.54 Å². The van der Waals surface area contributed by atoms with E-state index in [-0.39, 0.29) is 0 Å². The maximum atomic E-state index is 5.23. The highest BCUT2D eigenvalue weighted by atomic mass is 32.1. The molecule has 0 atom stereocenters. The van der Waals surface area contributed by atoms with Crippen LogP contribution < -0.4 is 9.80 Å². The summed E-state index contributed by atoms with van der Waals surface area (Å²) in [5.41, 5.74) is 7.93. The first kappa shape index (κ1) is 25.4. The number of hydrogen-bond acceptors (Lipinski definition) is 4. The van der Waals surface area contributed by atoms with Crippen LogP contribution in [-0.4, -0.2) is 37.2 Å². The molecule has 0 fully saturated rings. The van der Waals surface area contributed by atoms with Gasteiger partial charge in [-0.1, -0.05) is 59.7 Å². The number of hydrogen-bond donors (Lipinski definition) is 1. The smallest absolute Gasteiger partial charge is 0.186 e. The van der Waals surface area contributed by atoms with Crippen molar-refractivity contribution < 1.29 is 4.90 Å². The lowest BCUT2D eigenvalue weighted by molar-refractivity contribution is -0.856. The van der Waals surface area contributed by atoms with E-state index in [1.807, 2.05) is 18.5 Å². The van der Waals surface area contributed by atoms with Gasteiger partial charge in [-0.3, -0.25) is 4.98 Å². The lowest BCUT2D eigenvalue weighted by Gasteiger charge is -2.23. The van der Waals surface area contributed by atoms with Crippen LogP contribution in [0.2, 0.25) is 0 Å². The van der Waals surface area contributed by atoms with E-state index >= 15 is 0 Å². The van der Waals surface area contributed by atoms with Gasteiger partial charge in [-0.25, -0.2) is 4.98 Å². The Hall–Kier alpha value is -2.24. The molecule has 0 aliphatic carbocycles. The number of rotatable bonds is 10. The molecule has 5 heteroatoms. The van der Waals surface area contributed by atoms with Crippen molar-refractivity contribution in [1.29, 1.82) is 0 Å². The summed E-state index contributed by atoms with van der Waals surface area (Å²) < 4.78 is 0. The maximum Gasteiger partial charge on any atom is 0.186 e. The first-order chi connectivity index (χ1) is 15.7. The number of anilines is 1. The molecule has 0 aliphatic rings. The number of pyridine rings is 1. The molecule has 178 valence electrons. The Labute approximate surface area is 204 Å². The van der Waals surface area contributed by atoms with E-state index in [2.05, 4.69) is 89.1 Å². The van der Waals surface area contributed by atoms with Gasteiger partial charge in [-0.15, -0.1) is 11.3 Å². The summed E-state index contributed by atoms with van der Waals surface area (Å²) in [6.45, 7) is 16.6. The highest BCUT2D eigenvalue weighted by Crippen LogP contribution is 2.40. The molecule has 3 rings (SSSR count). The molecule has 33 heavy (non-hydrogen) atoms. The Morgan fingerprint density at radius 2 is 1.64 bits per heavy atom. The van der Waals surface area contributed by atoms with E-state index < -0.39 is 0 Å². The van der Waals surface area contributed by atoms with Crippen molar-refractivity contribution >= 4 is 16.5 Å². The minimum absolute atomic E-state index is 0.449. The molecular formula is C28H41N4S+. The molecule has 0 amide bonds. The SMILES string of the molecule is CC(C)c1cc(C(C)C)c(-c2csc(N(CC[NH+](C)C)Cc3cccnc3)n2)c(C(C)C)c1. The van der Waals surface area contributed by atoms with Gasteiger partial charge < -0.3 is 9.80 Å². The summed E-state index contributed by atoms with van der Waals surface area (Å²) >= 11 is 1.76. The first-order valence-corrected chi connectivity index (χ1v) is 13.1. The quantitative estimate of drug-likeness (QED) is 0.415. The summed E-state index contributed by atoms with van der Waals surface area (Å²) in [5.74, 6) is 1.42. The fourth-order valence-electron chi connectivity index (χ4n) is 4.09. The summed E-state index contributed by atoms with van der Waals surface area (Å²) in [6.07, 6.45) is 3.80. The summed E-state index contributed by atoms with van der Waals surface area (Å²) in [6, 6.07) is 8.99. The largest absolute Gasteiger partial charge is 0.338 e. The zero-order valence-corrected chi connectivity index (χ0v) is 22.5. The highest BCUT2D eigenvalue weighted by Gasteiger charge is 2.22. The Kier molecular flexibility index (Phi) is 8.66.